The van der Waals surface area contributed by atoms with Crippen LogP contribution in [0.1, 0.15) is 32.6 Å². The molecule has 0 bridgehead atoms. The first-order chi connectivity index (χ1) is 21.2. The molecule has 10 nitrogen and oxygen atoms in total. The molecule has 1 heterocycles. The Balaban J connectivity index is 2.94. The minimum atomic E-state index is -0.564. The van der Waals surface area contributed by atoms with Crippen molar-refractivity contribution in [1.82, 2.24) is 4.84 Å². The van der Waals surface area contributed by atoms with Crippen molar-refractivity contribution in [2.24, 2.45) is 17.2 Å². The third-order valence-electron chi connectivity index (χ3n) is 6.14. The van der Waals surface area contributed by atoms with Crippen molar-refractivity contribution in [1.29, 1.82) is 0 Å². The van der Waals surface area contributed by atoms with E-state index >= 15 is 0 Å². The lowest BCUT2D eigenvalue weighted by Crippen LogP contribution is -2.62. The third kappa shape index (κ3) is 21.7. The van der Waals surface area contributed by atoms with Gasteiger partial charge in [-0.1, -0.05) is 0 Å². The van der Waals surface area contributed by atoms with E-state index in [9.17, 15) is 0 Å². The number of hydrogen-bond acceptors (Lipinski definition) is 14. The number of thioether (sulfide) groups is 4. The van der Waals surface area contributed by atoms with Gasteiger partial charge in [-0.05, 0) is 67.4 Å². The van der Waals surface area contributed by atoms with Crippen molar-refractivity contribution in [3.05, 3.63) is 0 Å². The van der Waals surface area contributed by atoms with E-state index in [2.05, 4.69) is 4.84 Å². The number of hydrogen-bond donors (Lipinski definition) is 4. The van der Waals surface area contributed by atoms with Crippen LogP contribution in [0.3, 0.4) is 0 Å². The second-order valence-electron chi connectivity index (χ2n) is 9.69. The molecule has 1 aliphatic heterocycles. The summed E-state index contributed by atoms with van der Waals surface area (Å²) in [5, 5.41) is 0. The topological polar surface area (TPSA) is 145 Å². The quantitative estimate of drug-likeness (QED) is 0.0599. The van der Waals surface area contributed by atoms with Crippen LogP contribution in [0.4, 0.5) is 0 Å². The van der Waals surface area contributed by atoms with Crippen LogP contribution in [0.25, 0.3) is 0 Å². The molecule has 5 atom stereocenters. The van der Waals surface area contributed by atoms with Crippen LogP contribution in [-0.2, 0) is 28.4 Å². The van der Waals surface area contributed by atoms with E-state index in [1.165, 1.54) is 0 Å². The molecule has 1 aliphatic rings. The van der Waals surface area contributed by atoms with Gasteiger partial charge in [0.15, 0.2) is 6.29 Å². The van der Waals surface area contributed by atoms with Gasteiger partial charge in [-0.3, -0.25) is 0 Å². The first-order valence-corrected chi connectivity index (χ1v) is 20.7. The minimum Gasteiger partial charge on any atom is -0.379 e. The monoisotopic (exact) mass is 710 g/mol. The lowest BCUT2D eigenvalue weighted by Gasteiger charge is -2.45. The maximum atomic E-state index is 6.60. The fourth-order valence-electron chi connectivity index (χ4n) is 4.25. The number of halogens is 1. The highest BCUT2D eigenvalue weighted by Gasteiger charge is 2.48. The van der Waals surface area contributed by atoms with Crippen LogP contribution in [0.2, 0.25) is 0 Å². The smallest absolute Gasteiger partial charge is 0.186 e. The zero-order valence-corrected chi connectivity index (χ0v) is 30.2. The molecule has 43 heavy (non-hydrogen) atoms. The minimum absolute atomic E-state index is 0.335. The summed E-state index contributed by atoms with van der Waals surface area (Å²) >= 11 is 13.0. The summed E-state index contributed by atoms with van der Waals surface area (Å²) in [6, 6.07) is 0. The van der Waals surface area contributed by atoms with Gasteiger partial charge in [0.25, 0.3) is 0 Å². The van der Waals surface area contributed by atoms with Crippen molar-refractivity contribution in [3.63, 3.8) is 0 Å². The number of nitrogens with one attached hydrogen (secondary N) is 1. The molecule has 0 aromatic rings. The van der Waals surface area contributed by atoms with Gasteiger partial charge < -0.3 is 45.6 Å². The maximum absolute atomic E-state index is 6.60. The molecule has 0 aliphatic carbocycles. The van der Waals surface area contributed by atoms with Crippen LogP contribution < -0.4 is 22.0 Å². The Bertz CT molecular complexity index is 603. The first-order valence-electron chi connectivity index (χ1n) is 15.7. The van der Waals surface area contributed by atoms with Crippen molar-refractivity contribution in [2.75, 3.05) is 112 Å². The molecule has 1 rings (SSSR count). The molecule has 7 N–H and O–H groups in total. The van der Waals surface area contributed by atoms with Gasteiger partial charge in [0.2, 0.25) is 0 Å². The third-order valence-corrected chi connectivity index (χ3v) is 10.7. The SMILES string of the molecule is CCO[C@H]1OC(COCCCSCCN)[C@H](OCCCSCCNCl)C(OCCCSCCN)C1OCCCSCCN. The van der Waals surface area contributed by atoms with Gasteiger partial charge in [0.1, 0.15) is 24.4 Å². The molecule has 258 valence electrons. The van der Waals surface area contributed by atoms with Crippen molar-refractivity contribution in [2.45, 2.75) is 63.3 Å². The molecule has 0 spiro atoms. The summed E-state index contributed by atoms with van der Waals surface area (Å²) < 4.78 is 38.4. The number of nitrogens with two attached hydrogens (primary N) is 3. The van der Waals surface area contributed by atoms with E-state index in [1.807, 2.05) is 54.0 Å². The van der Waals surface area contributed by atoms with Crippen molar-refractivity contribution >= 4 is 58.8 Å². The van der Waals surface area contributed by atoms with Gasteiger partial charge in [0.05, 0.1) is 6.61 Å². The van der Waals surface area contributed by atoms with E-state index in [0.717, 1.165) is 78.3 Å². The summed E-state index contributed by atoms with van der Waals surface area (Å²) in [6.45, 7) is 8.15. The summed E-state index contributed by atoms with van der Waals surface area (Å²) in [6.07, 6.45) is 1.71. The van der Waals surface area contributed by atoms with Crippen LogP contribution in [0, 0.1) is 0 Å². The Hall–Kier alpha value is 1.29. The van der Waals surface area contributed by atoms with Crippen molar-refractivity contribution < 1.29 is 28.4 Å². The molecule has 0 amide bonds. The second kappa shape index (κ2) is 31.9. The molecule has 3 unspecified atom stereocenters. The van der Waals surface area contributed by atoms with Crippen LogP contribution in [-0.4, -0.2) is 143 Å². The fraction of sp³-hybridized carbons (Fsp3) is 1.00. The summed E-state index contributed by atoms with van der Waals surface area (Å²) in [5.74, 6) is 7.82. The molecule has 0 saturated carbocycles. The normalized spacial score (nSPS) is 22.4. The highest BCUT2D eigenvalue weighted by atomic mass is 35.5. The predicted molar refractivity (Wildman–Crippen MR) is 189 cm³/mol. The lowest BCUT2D eigenvalue weighted by molar-refractivity contribution is -0.322. The zero-order valence-electron chi connectivity index (χ0n) is 26.1. The molecular formula is C28H59ClN4O6S4. The van der Waals surface area contributed by atoms with E-state index in [4.69, 9.17) is 57.4 Å². The van der Waals surface area contributed by atoms with Gasteiger partial charge in [-0.25, -0.2) is 4.84 Å². The summed E-state index contributed by atoms with van der Waals surface area (Å²) in [4.78, 5) is 2.67. The summed E-state index contributed by atoms with van der Waals surface area (Å²) in [5.41, 5.74) is 16.9. The average Bonchev–Trinajstić information content (AvgIpc) is 3.01. The molecule has 0 radical (unpaired) electrons. The lowest BCUT2D eigenvalue weighted by atomic mass is 9.98. The maximum Gasteiger partial charge on any atom is 0.186 e. The molecule has 0 aromatic carbocycles. The Morgan fingerprint density at radius 1 is 0.628 bits per heavy atom. The van der Waals surface area contributed by atoms with Crippen LogP contribution >= 0.6 is 58.8 Å². The highest BCUT2D eigenvalue weighted by Crippen LogP contribution is 2.30. The fourth-order valence-corrected chi connectivity index (χ4v) is 7.31. The van der Waals surface area contributed by atoms with E-state index in [-0.39, 0.29) is 18.3 Å². The van der Waals surface area contributed by atoms with Gasteiger partial charge in [-0.15, -0.1) is 0 Å². The van der Waals surface area contributed by atoms with Gasteiger partial charge in [0, 0.05) is 82.2 Å². The van der Waals surface area contributed by atoms with E-state index in [1.54, 1.807) is 0 Å². The molecular weight excluding hydrogens is 652 g/mol. The first kappa shape index (κ1) is 42.3. The Kier molecular flexibility index (Phi) is 31.4. The van der Waals surface area contributed by atoms with E-state index < -0.39 is 12.4 Å². The van der Waals surface area contributed by atoms with E-state index in [0.29, 0.717) is 59.3 Å². The molecule has 1 saturated heterocycles. The predicted octanol–water partition coefficient (Wildman–Crippen LogP) is 3.03. The zero-order chi connectivity index (χ0) is 31.2. The largest absolute Gasteiger partial charge is 0.379 e. The Labute approximate surface area is 283 Å². The standard InChI is InChI=1S/C28H59ClN4O6S4/c1-2-35-28-27(38-14-6-17-42-21-9-32)26(37-13-5-16-41-20-8-31)25(36-12-4-18-43-22-10-33-29)24(39-28)23-34-11-3-15-40-19-7-30/h24-28,33H,2-23,30-32H2,1H3/t24?,25-,26?,27?,28-/m0/s1. The molecule has 1 fully saturated rings. The summed E-state index contributed by atoms with van der Waals surface area (Å²) in [7, 11) is 0. The van der Waals surface area contributed by atoms with Gasteiger partial charge >= 0.3 is 0 Å². The molecule has 15 heteroatoms. The molecule has 0 aromatic heterocycles. The van der Waals surface area contributed by atoms with Crippen LogP contribution in [0.5, 0.6) is 0 Å². The average molecular weight is 712 g/mol. The number of ether oxygens (including phenoxy) is 6. The van der Waals surface area contributed by atoms with Crippen molar-refractivity contribution in [3.8, 4) is 0 Å². The van der Waals surface area contributed by atoms with Gasteiger partial charge in [-0.2, -0.15) is 47.0 Å². The Morgan fingerprint density at radius 3 is 1.63 bits per heavy atom. The number of rotatable bonds is 32. The second-order valence-corrected chi connectivity index (χ2v) is 14.9. The van der Waals surface area contributed by atoms with Crippen LogP contribution in [0.15, 0.2) is 0 Å². The Morgan fingerprint density at radius 2 is 1.12 bits per heavy atom. The highest BCUT2D eigenvalue weighted by molar-refractivity contribution is 7.99.